The Balaban J connectivity index is 2.35. The quantitative estimate of drug-likeness (QED) is 0.634. The van der Waals surface area contributed by atoms with E-state index in [1.807, 2.05) is 14.0 Å². The van der Waals surface area contributed by atoms with Crippen LogP contribution in [0.25, 0.3) is 0 Å². The van der Waals surface area contributed by atoms with Crippen LogP contribution in [0.4, 0.5) is 0 Å². The van der Waals surface area contributed by atoms with Crippen molar-refractivity contribution in [1.29, 1.82) is 0 Å². The lowest BCUT2D eigenvalue weighted by Crippen LogP contribution is -2.42. The molecule has 0 saturated heterocycles. The highest BCUT2D eigenvalue weighted by Crippen LogP contribution is 2.26. The van der Waals surface area contributed by atoms with Crippen LogP contribution < -0.4 is 4.72 Å². The standard InChI is InChI=1S/C9H18N2O4S/c1-7(11(2)8-3-4-8)5-10-16(14,15)6-9(12)13/h7-8,10H,3-6H2,1-2H3,(H,12,13). The molecule has 1 unspecified atom stereocenters. The molecule has 1 rings (SSSR count). The third-order valence-electron chi connectivity index (χ3n) is 2.73. The van der Waals surface area contributed by atoms with Crippen molar-refractivity contribution in [2.45, 2.75) is 31.8 Å². The second kappa shape index (κ2) is 5.11. The minimum atomic E-state index is -3.69. The molecule has 1 saturated carbocycles. The fourth-order valence-corrected chi connectivity index (χ4v) is 2.37. The molecule has 2 N–H and O–H groups in total. The number of carboxylic acids is 1. The van der Waals surface area contributed by atoms with Gasteiger partial charge in [-0.2, -0.15) is 0 Å². The number of carbonyl (C=O) groups is 1. The SMILES string of the molecule is CC(CNS(=O)(=O)CC(=O)O)N(C)C1CC1. The van der Waals surface area contributed by atoms with E-state index in [-0.39, 0.29) is 12.6 Å². The molecule has 0 aromatic rings. The Labute approximate surface area is 95.7 Å². The van der Waals surface area contributed by atoms with Crippen molar-refractivity contribution in [3.05, 3.63) is 0 Å². The van der Waals surface area contributed by atoms with Crippen LogP contribution in [0.2, 0.25) is 0 Å². The minimum absolute atomic E-state index is 0.0797. The van der Waals surface area contributed by atoms with Gasteiger partial charge in [0.25, 0.3) is 0 Å². The van der Waals surface area contributed by atoms with E-state index in [9.17, 15) is 13.2 Å². The van der Waals surface area contributed by atoms with Crippen LogP contribution in [0, 0.1) is 0 Å². The van der Waals surface area contributed by atoms with Gasteiger partial charge in [-0.05, 0) is 26.8 Å². The topological polar surface area (TPSA) is 86.7 Å². The number of nitrogens with one attached hydrogen (secondary N) is 1. The van der Waals surface area contributed by atoms with Crippen LogP contribution in [0.15, 0.2) is 0 Å². The molecule has 0 bridgehead atoms. The van der Waals surface area contributed by atoms with Crippen LogP contribution in [0.3, 0.4) is 0 Å². The van der Waals surface area contributed by atoms with Crippen molar-refractivity contribution < 1.29 is 18.3 Å². The number of hydrogen-bond acceptors (Lipinski definition) is 4. The zero-order valence-corrected chi connectivity index (χ0v) is 10.3. The first-order chi connectivity index (χ1) is 7.32. The molecule has 6 nitrogen and oxygen atoms in total. The van der Waals surface area contributed by atoms with Crippen molar-refractivity contribution in [3.63, 3.8) is 0 Å². The fourth-order valence-electron chi connectivity index (χ4n) is 1.45. The average molecular weight is 250 g/mol. The lowest BCUT2D eigenvalue weighted by Gasteiger charge is -2.24. The first kappa shape index (κ1) is 13.4. The summed E-state index contributed by atoms with van der Waals surface area (Å²) >= 11 is 0. The van der Waals surface area contributed by atoms with E-state index in [2.05, 4.69) is 9.62 Å². The highest BCUT2D eigenvalue weighted by Gasteiger charge is 2.29. The number of carboxylic acid groups (broad SMARTS) is 1. The Bertz CT molecular complexity index is 351. The van der Waals surface area contributed by atoms with E-state index in [1.54, 1.807) is 0 Å². The summed E-state index contributed by atoms with van der Waals surface area (Å²) in [5, 5.41) is 8.39. The van der Waals surface area contributed by atoms with Crippen molar-refractivity contribution in [1.82, 2.24) is 9.62 Å². The third-order valence-corrected chi connectivity index (χ3v) is 3.96. The van der Waals surface area contributed by atoms with Gasteiger partial charge in [-0.25, -0.2) is 13.1 Å². The van der Waals surface area contributed by atoms with Crippen LogP contribution >= 0.6 is 0 Å². The van der Waals surface area contributed by atoms with Gasteiger partial charge in [-0.15, -0.1) is 0 Å². The molecule has 0 spiro atoms. The molecular weight excluding hydrogens is 232 g/mol. The highest BCUT2D eigenvalue weighted by molar-refractivity contribution is 7.90. The smallest absolute Gasteiger partial charge is 0.320 e. The van der Waals surface area contributed by atoms with E-state index in [4.69, 9.17) is 5.11 Å². The zero-order valence-electron chi connectivity index (χ0n) is 9.51. The normalized spacial score (nSPS) is 18.7. The Hall–Kier alpha value is -0.660. The van der Waals surface area contributed by atoms with Gasteiger partial charge in [-0.1, -0.05) is 0 Å². The van der Waals surface area contributed by atoms with Gasteiger partial charge in [-0.3, -0.25) is 9.69 Å². The summed E-state index contributed by atoms with van der Waals surface area (Å²) in [4.78, 5) is 12.4. The van der Waals surface area contributed by atoms with E-state index in [1.165, 1.54) is 0 Å². The van der Waals surface area contributed by atoms with Gasteiger partial charge >= 0.3 is 5.97 Å². The molecule has 0 heterocycles. The second-order valence-electron chi connectivity index (χ2n) is 4.25. The second-order valence-corrected chi connectivity index (χ2v) is 6.05. The fraction of sp³-hybridized carbons (Fsp3) is 0.889. The van der Waals surface area contributed by atoms with Gasteiger partial charge in [0.05, 0.1) is 0 Å². The average Bonchev–Trinajstić information content (AvgIpc) is 2.94. The molecule has 94 valence electrons. The van der Waals surface area contributed by atoms with Gasteiger partial charge < -0.3 is 5.11 Å². The molecular formula is C9H18N2O4S. The summed E-state index contributed by atoms with van der Waals surface area (Å²) in [6.07, 6.45) is 2.31. The summed E-state index contributed by atoms with van der Waals surface area (Å²) in [7, 11) is -1.74. The van der Waals surface area contributed by atoms with E-state index in [0.717, 1.165) is 12.8 Å². The maximum atomic E-state index is 11.2. The first-order valence-corrected chi connectivity index (χ1v) is 6.88. The number of rotatable bonds is 7. The summed E-state index contributed by atoms with van der Waals surface area (Å²) in [6, 6.07) is 0.634. The van der Waals surface area contributed by atoms with Crippen LogP contribution in [0.1, 0.15) is 19.8 Å². The molecule has 1 fully saturated rings. The molecule has 1 aliphatic carbocycles. The van der Waals surface area contributed by atoms with Crippen molar-refractivity contribution >= 4 is 16.0 Å². The predicted molar refractivity (Wildman–Crippen MR) is 59.7 cm³/mol. The number of aliphatic carboxylic acids is 1. The van der Waals surface area contributed by atoms with Crippen LogP contribution in [0.5, 0.6) is 0 Å². The molecule has 0 aliphatic heterocycles. The van der Waals surface area contributed by atoms with Crippen molar-refractivity contribution in [3.8, 4) is 0 Å². The molecule has 0 aromatic carbocycles. The monoisotopic (exact) mass is 250 g/mol. The van der Waals surface area contributed by atoms with Crippen molar-refractivity contribution in [2.75, 3.05) is 19.3 Å². The molecule has 7 heteroatoms. The minimum Gasteiger partial charge on any atom is -0.480 e. The highest BCUT2D eigenvalue weighted by atomic mass is 32.2. The lowest BCUT2D eigenvalue weighted by atomic mass is 10.3. The van der Waals surface area contributed by atoms with Gasteiger partial charge in [0.1, 0.15) is 0 Å². The lowest BCUT2D eigenvalue weighted by molar-refractivity contribution is -0.134. The zero-order chi connectivity index (χ0) is 12.3. The maximum absolute atomic E-state index is 11.2. The third kappa shape index (κ3) is 4.46. The van der Waals surface area contributed by atoms with Crippen LogP contribution in [-0.4, -0.2) is 55.8 Å². The van der Waals surface area contributed by atoms with E-state index in [0.29, 0.717) is 6.04 Å². The predicted octanol–water partition coefficient (Wildman–Crippen LogP) is -0.527. The summed E-state index contributed by atoms with van der Waals surface area (Å²) in [5.41, 5.74) is 0. The number of nitrogens with zero attached hydrogens (tertiary/aromatic N) is 1. The molecule has 0 amide bonds. The number of hydrogen-bond donors (Lipinski definition) is 2. The van der Waals surface area contributed by atoms with E-state index < -0.39 is 21.7 Å². The molecule has 1 atom stereocenters. The molecule has 16 heavy (non-hydrogen) atoms. The Morgan fingerprint density at radius 3 is 2.56 bits per heavy atom. The Morgan fingerprint density at radius 2 is 2.12 bits per heavy atom. The van der Waals surface area contributed by atoms with E-state index >= 15 is 0 Å². The maximum Gasteiger partial charge on any atom is 0.320 e. The molecule has 0 radical (unpaired) electrons. The summed E-state index contributed by atoms with van der Waals surface area (Å²) in [5.74, 6) is -2.21. The summed E-state index contributed by atoms with van der Waals surface area (Å²) in [6.45, 7) is 2.17. The largest absolute Gasteiger partial charge is 0.480 e. The van der Waals surface area contributed by atoms with Gasteiger partial charge in [0.2, 0.25) is 10.0 Å². The Morgan fingerprint density at radius 1 is 1.56 bits per heavy atom. The molecule has 0 aromatic heterocycles. The summed E-state index contributed by atoms with van der Waals surface area (Å²) < 4.78 is 24.8. The van der Waals surface area contributed by atoms with Crippen LogP contribution in [-0.2, 0) is 14.8 Å². The van der Waals surface area contributed by atoms with Crippen molar-refractivity contribution in [2.24, 2.45) is 0 Å². The molecule has 1 aliphatic rings. The first-order valence-electron chi connectivity index (χ1n) is 5.23. The Kier molecular flexibility index (Phi) is 4.28. The number of sulfonamides is 1. The van der Waals surface area contributed by atoms with Gasteiger partial charge in [0.15, 0.2) is 5.75 Å². The van der Waals surface area contributed by atoms with Gasteiger partial charge in [0, 0.05) is 18.6 Å². The number of likely N-dealkylation sites (N-methyl/N-ethyl adjacent to an activating group) is 1.